The second kappa shape index (κ2) is 7.16. The Balaban J connectivity index is 1.85. The monoisotopic (exact) mass is 384 g/mol. The van der Waals surface area contributed by atoms with Crippen molar-refractivity contribution in [3.05, 3.63) is 74.2 Å². The molecule has 2 heterocycles. The Morgan fingerprint density at radius 1 is 0.793 bits per heavy atom. The summed E-state index contributed by atoms with van der Waals surface area (Å²) in [5.74, 6) is 0. The van der Waals surface area contributed by atoms with Gasteiger partial charge in [-0.2, -0.15) is 0 Å². The highest BCUT2D eigenvalue weighted by Gasteiger charge is 2.31. The highest BCUT2D eigenvalue weighted by atomic mass is 14.8. The Labute approximate surface area is 174 Å². The molecule has 0 saturated heterocycles. The normalized spacial score (nSPS) is 20.5. The van der Waals surface area contributed by atoms with Crippen molar-refractivity contribution in [3.63, 3.8) is 0 Å². The van der Waals surface area contributed by atoms with Gasteiger partial charge in [0.25, 0.3) is 0 Å². The zero-order valence-corrected chi connectivity index (χ0v) is 18.3. The third-order valence-corrected chi connectivity index (χ3v) is 7.22. The lowest BCUT2D eigenvalue weighted by atomic mass is 9.83. The molecule has 0 spiro atoms. The zero-order valence-electron chi connectivity index (χ0n) is 18.3. The quantitative estimate of drug-likeness (QED) is 0.582. The molecule has 3 aliphatic rings. The molecule has 2 nitrogen and oxygen atoms in total. The minimum atomic E-state index is 1.17. The SMILES string of the molecule is CC1=N/C(=C(\c2[nH]c(C)c3c2CCCC3)c2c(C)cccc2C)C2=C1CCCC2. The van der Waals surface area contributed by atoms with Crippen LogP contribution in [0, 0.1) is 20.8 Å². The van der Waals surface area contributed by atoms with Crippen molar-refractivity contribution in [2.45, 2.75) is 79.1 Å². The molecule has 2 heteroatoms. The van der Waals surface area contributed by atoms with Crippen LogP contribution in [0.25, 0.3) is 5.57 Å². The maximum Gasteiger partial charge on any atom is 0.0767 e. The van der Waals surface area contributed by atoms with Crippen LogP contribution in [-0.2, 0) is 12.8 Å². The lowest BCUT2D eigenvalue weighted by Gasteiger charge is -2.21. The van der Waals surface area contributed by atoms with E-state index in [1.54, 1.807) is 11.1 Å². The van der Waals surface area contributed by atoms with Crippen molar-refractivity contribution in [2.75, 3.05) is 0 Å². The van der Waals surface area contributed by atoms with Gasteiger partial charge in [-0.05, 0) is 118 Å². The third kappa shape index (κ3) is 2.96. The number of H-pyrrole nitrogens is 1. The molecule has 2 aliphatic carbocycles. The van der Waals surface area contributed by atoms with Gasteiger partial charge < -0.3 is 4.98 Å². The van der Waals surface area contributed by atoms with Crippen molar-refractivity contribution >= 4 is 11.3 Å². The van der Waals surface area contributed by atoms with Crippen molar-refractivity contribution in [3.8, 4) is 0 Å². The number of benzene rings is 1. The lowest BCUT2D eigenvalue weighted by Crippen LogP contribution is -2.07. The van der Waals surface area contributed by atoms with Gasteiger partial charge in [0.15, 0.2) is 0 Å². The lowest BCUT2D eigenvalue weighted by molar-refractivity contribution is 0.686. The Morgan fingerprint density at radius 3 is 2.14 bits per heavy atom. The Bertz CT molecular complexity index is 1070. The second-order valence-corrected chi connectivity index (χ2v) is 9.14. The third-order valence-electron chi connectivity index (χ3n) is 7.22. The van der Waals surface area contributed by atoms with Crippen molar-refractivity contribution in [1.82, 2.24) is 4.98 Å². The van der Waals surface area contributed by atoms with E-state index in [0.29, 0.717) is 0 Å². The number of nitrogens with one attached hydrogen (secondary N) is 1. The van der Waals surface area contributed by atoms with E-state index in [9.17, 15) is 0 Å². The summed E-state index contributed by atoms with van der Waals surface area (Å²) in [6.07, 6.45) is 9.95. The highest BCUT2D eigenvalue weighted by molar-refractivity contribution is 6.06. The molecule has 0 saturated carbocycles. The largest absolute Gasteiger partial charge is 0.358 e. The standard InChI is InChI=1S/C27H32N2/c1-16-10-9-11-17(2)24(16)25(26-22-14-7-5-12-20(22)18(3)28-26)27-23-15-8-6-13-21(23)19(4)29-27/h9-11,28H,5-8,12-15H2,1-4H3/b27-25-. The van der Waals surface area contributed by atoms with E-state index in [2.05, 4.69) is 50.9 Å². The van der Waals surface area contributed by atoms with Gasteiger partial charge in [-0.3, -0.25) is 4.99 Å². The molecule has 29 heavy (non-hydrogen) atoms. The number of hydrogen-bond acceptors (Lipinski definition) is 1. The van der Waals surface area contributed by atoms with Crippen LogP contribution < -0.4 is 0 Å². The summed E-state index contributed by atoms with van der Waals surface area (Å²) in [7, 11) is 0. The Morgan fingerprint density at radius 2 is 1.41 bits per heavy atom. The summed E-state index contributed by atoms with van der Waals surface area (Å²) in [4.78, 5) is 9.07. The van der Waals surface area contributed by atoms with E-state index < -0.39 is 0 Å². The molecule has 0 unspecified atom stereocenters. The van der Waals surface area contributed by atoms with Gasteiger partial charge in [0.05, 0.1) is 11.4 Å². The molecule has 0 atom stereocenters. The van der Waals surface area contributed by atoms with E-state index in [0.717, 1.165) is 0 Å². The number of aliphatic imine (C=N–C) groups is 1. The fraction of sp³-hybridized carbons (Fsp3) is 0.444. The Kier molecular flexibility index (Phi) is 4.61. The molecular weight excluding hydrogens is 352 g/mol. The van der Waals surface area contributed by atoms with E-state index in [1.807, 2.05) is 0 Å². The predicted molar refractivity (Wildman–Crippen MR) is 123 cm³/mol. The molecule has 5 rings (SSSR count). The van der Waals surface area contributed by atoms with Crippen LogP contribution in [0.3, 0.4) is 0 Å². The van der Waals surface area contributed by atoms with Gasteiger partial charge >= 0.3 is 0 Å². The molecule has 1 aromatic carbocycles. The number of aromatic nitrogens is 1. The predicted octanol–water partition coefficient (Wildman–Crippen LogP) is 6.92. The molecule has 1 aromatic heterocycles. The number of aromatic amines is 1. The maximum atomic E-state index is 5.23. The van der Waals surface area contributed by atoms with Crippen molar-refractivity contribution in [1.29, 1.82) is 0 Å². The van der Waals surface area contributed by atoms with Crippen LogP contribution >= 0.6 is 0 Å². The average Bonchev–Trinajstić information content (AvgIpc) is 3.23. The first-order valence-electron chi connectivity index (χ1n) is 11.4. The van der Waals surface area contributed by atoms with E-state index in [-0.39, 0.29) is 0 Å². The fourth-order valence-electron chi connectivity index (χ4n) is 5.79. The van der Waals surface area contributed by atoms with Gasteiger partial charge in [-0.15, -0.1) is 0 Å². The summed E-state index contributed by atoms with van der Waals surface area (Å²) in [5, 5.41) is 0. The van der Waals surface area contributed by atoms with Crippen molar-refractivity contribution in [2.24, 2.45) is 4.99 Å². The van der Waals surface area contributed by atoms with E-state index in [1.165, 1.54) is 108 Å². The first-order valence-corrected chi connectivity index (χ1v) is 11.4. The molecule has 1 N–H and O–H groups in total. The molecule has 0 radical (unpaired) electrons. The van der Waals surface area contributed by atoms with Crippen LogP contribution in [-0.4, -0.2) is 10.7 Å². The average molecular weight is 385 g/mol. The summed E-state index contributed by atoms with van der Waals surface area (Å²) < 4.78 is 0. The van der Waals surface area contributed by atoms with Gasteiger partial charge in [0, 0.05) is 17.0 Å². The van der Waals surface area contributed by atoms with Gasteiger partial charge in [-0.1, -0.05) is 18.2 Å². The van der Waals surface area contributed by atoms with Crippen molar-refractivity contribution < 1.29 is 0 Å². The first-order chi connectivity index (χ1) is 14.1. The molecular formula is C27H32N2. The van der Waals surface area contributed by atoms with Crippen LogP contribution in [0.15, 0.2) is 40.0 Å². The second-order valence-electron chi connectivity index (χ2n) is 9.14. The molecule has 0 bridgehead atoms. The molecule has 2 aromatic rings. The first kappa shape index (κ1) is 18.7. The molecule has 0 fully saturated rings. The van der Waals surface area contributed by atoms with E-state index >= 15 is 0 Å². The van der Waals surface area contributed by atoms with Crippen LogP contribution in [0.1, 0.15) is 84.7 Å². The van der Waals surface area contributed by atoms with Gasteiger partial charge in [0.1, 0.15) is 0 Å². The summed E-state index contributed by atoms with van der Waals surface area (Å²) in [5.41, 5.74) is 16.8. The number of hydrogen-bond donors (Lipinski definition) is 1. The topological polar surface area (TPSA) is 28.1 Å². The van der Waals surface area contributed by atoms with Gasteiger partial charge in [-0.25, -0.2) is 0 Å². The fourth-order valence-corrected chi connectivity index (χ4v) is 5.79. The van der Waals surface area contributed by atoms with Crippen LogP contribution in [0.4, 0.5) is 0 Å². The summed E-state index contributed by atoms with van der Waals surface area (Å²) >= 11 is 0. The molecule has 150 valence electrons. The number of nitrogens with zero attached hydrogens (tertiary/aromatic N) is 1. The number of aryl methyl sites for hydroxylation is 3. The van der Waals surface area contributed by atoms with Gasteiger partial charge in [0.2, 0.25) is 0 Å². The van der Waals surface area contributed by atoms with E-state index in [4.69, 9.17) is 4.99 Å². The number of rotatable bonds is 2. The highest BCUT2D eigenvalue weighted by Crippen LogP contribution is 2.45. The Hall–Kier alpha value is -2.35. The minimum absolute atomic E-state index is 1.17. The molecule has 1 aliphatic heterocycles. The number of fused-ring (bicyclic) bond motifs is 1. The van der Waals surface area contributed by atoms with Crippen LogP contribution in [0.5, 0.6) is 0 Å². The number of allylic oxidation sites excluding steroid dienone is 2. The summed E-state index contributed by atoms with van der Waals surface area (Å²) in [6.45, 7) is 8.99. The smallest absolute Gasteiger partial charge is 0.0767 e. The maximum absolute atomic E-state index is 5.23. The molecule has 0 amide bonds. The van der Waals surface area contributed by atoms with Crippen LogP contribution in [0.2, 0.25) is 0 Å². The zero-order chi connectivity index (χ0) is 20.1. The minimum Gasteiger partial charge on any atom is -0.358 e. The summed E-state index contributed by atoms with van der Waals surface area (Å²) in [6, 6.07) is 6.69.